The Kier molecular flexibility index (Phi) is 7.44. The summed E-state index contributed by atoms with van der Waals surface area (Å²) in [5.74, 6) is 0.495. The van der Waals surface area contributed by atoms with E-state index in [0.29, 0.717) is 25.2 Å². The molecule has 1 saturated heterocycles. The van der Waals surface area contributed by atoms with Crippen LogP contribution in [0.4, 0.5) is 9.18 Å². The number of morpholine rings is 1. The predicted molar refractivity (Wildman–Crippen MR) is 113 cm³/mol. The summed E-state index contributed by atoms with van der Waals surface area (Å²) in [4.78, 5) is 20.6. The number of hydrogen-bond acceptors (Lipinski definition) is 3. The molecule has 3 rings (SSSR count). The lowest BCUT2D eigenvalue weighted by Crippen LogP contribution is -3.14. The maximum Gasteiger partial charge on any atom is 0.318 e. The molecular formula is C22H33FN5O2+. The minimum Gasteiger partial charge on any atom is -0.370 e. The number of benzene rings is 1. The standard InChI is InChI=1S/C22H32FN5O2/c1-22(2,3)25-21(29)28(11-10-26-12-14-30-15-13-26)17-20-24-8-9-27(20)16-18-6-4-5-7-19(18)23/h4-9H,10-17H2,1-3H3,(H,25,29)/p+1. The van der Waals surface area contributed by atoms with E-state index < -0.39 is 0 Å². The van der Waals surface area contributed by atoms with Crippen LogP contribution in [0.3, 0.4) is 0 Å². The number of imidazole rings is 1. The summed E-state index contributed by atoms with van der Waals surface area (Å²) in [6.45, 7) is 11.6. The number of ether oxygens (including phenoxy) is 1. The molecule has 1 aliphatic heterocycles. The van der Waals surface area contributed by atoms with Gasteiger partial charge in [0.2, 0.25) is 0 Å². The van der Waals surface area contributed by atoms with Gasteiger partial charge in [0.15, 0.2) is 0 Å². The molecule has 8 heteroatoms. The Morgan fingerprint density at radius 2 is 2.03 bits per heavy atom. The van der Waals surface area contributed by atoms with Gasteiger partial charge in [-0.3, -0.25) is 0 Å². The minimum absolute atomic E-state index is 0.115. The smallest absolute Gasteiger partial charge is 0.318 e. The molecule has 0 atom stereocenters. The molecule has 2 heterocycles. The van der Waals surface area contributed by atoms with Crippen LogP contribution in [0.15, 0.2) is 36.7 Å². The van der Waals surface area contributed by atoms with Gasteiger partial charge in [-0.05, 0) is 26.8 Å². The van der Waals surface area contributed by atoms with E-state index in [0.717, 1.165) is 38.7 Å². The number of carbonyl (C=O) groups is 1. The van der Waals surface area contributed by atoms with Crippen LogP contribution in [0, 0.1) is 5.82 Å². The highest BCUT2D eigenvalue weighted by Crippen LogP contribution is 2.12. The third-order valence-corrected chi connectivity index (χ3v) is 5.14. The van der Waals surface area contributed by atoms with E-state index in [4.69, 9.17) is 4.74 Å². The molecule has 1 aliphatic rings. The van der Waals surface area contributed by atoms with E-state index in [1.807, 2.05) is 37.6 Å². The molecule has 7 nitrogen and oxygen atoms in total. The van der Waals surface area contributed by atoms with Gasteiger partial charge in [-0.25, -0.2) is 14.2 Å². The van der Waals surface area contributed by atoms with Crippen molar-refractivity contribution in [1.29, 1.82) is 0 Å². The van der Waals surface area contributed by atoms with E-state index in [2.05, 4.69) is 10.3 Å². The summed E-state index contributed by atoms with van der Waals surface area (Å²) in [6, 6.07) is 6.62. The average Bonchev–Trinajstić information content (AvgIpc) is 3.13. The molecule has 1 aromatic carbocycles. The molecule has 30 heavy (non-hydrogen) atoms. The van der Waals surface area contributed by atoms with Crippen LogP contribution in [-0.4, -0.2) is 65.4 Å². The molecule has 0 bridgehead atoms. The van der Waals surface area contributed by atoms with Gasteiger partial charge < -0.3 is 24.4 Å². The number of rotatable bonds is 7. The number of quaternary nitrogens is 1. The molecule has 2 amide bonds. The molecule has 1 fully saturated rings. The van der Waals surface area contributed by atoms with Crippen LogP contribution in [0.5, 0.6) is 0 Å². The van der Waals surface area contributed by atoms with Crippen LogP contribution in [-0.2, 0) is 17.8 Å². The largest absolute Gasteiger partial charge is 0.370 e. The van der Waals surface area contributed by atoms with Gasteiger partial charge in [0.05, 0.1) is 39.4 Å². The first-order valence-corrected chi connectivity index (χ1v) is 10.5. The van der Waals surface area contributed by atoms with Crippen molar-refractivity contribution in [3.05, 3.63) is 53.9 Å². The van der Waals surface area contributed by atoms with Crippen molar-refractivity contribution < 1.29 is 18.8 Å². The SMILES string of the molecule is CC(C)(C)NC(=O)N(CC[NH+]1CCOCC1)Cc1nccn1Cc1ccccc1F. The molecular weight excluding hydrogens is 385 g/mol. The van der Waals surface area contributed by atoms with Crippen molar-refractivity contribution in [2.45, 2.75) is 39.4 Å². The van der Waals surface area contributed by atoms with Gasteiger partial charge in [-0.2, -0.15) is 0 Å². The zero-order chi connectivity index (χ0) is 21.6. The highest BCUT2D eigenvalue weighted by atomic mass is 19.1. The molecule has 1 aromatic heterocycles. The van der Waals surface area contributed by atoms with Gasteiger partial charge in [0, 0.05) is 23.5 Å². The number of nitrogens with zero attached hydrogens (tertiary/aromatic N) is 3. The first kappa shape index (κ1) is 22.2. The normalized spacial score (nSPS) is 15.2. The maximum absolute atomic E-state index is 14.1. The monoisotopic (exact) mass is 418 g/mol. The van der Waals surface area contributed by atoms with Gasteiger partial charge in [-0.15, -0.1) is 0 Å². The third-order valence-electron chi connectivity index (χ3n) is 5.14. The van der Waals surface area contributed by atoms with Crippen LogP contribution >= 0.6 is 0 Å². The van der Waals surface area contributed by atoms with E-state index >= 15 is 0 Å². The fourth-order valence-corrected chi connectivity index (χ4v) is 3.47. The quantitative estimate of drug-likeness (QED) is 0.713. The first-order valence-electron chi connectivity index (χ1n) is 10.5. The molecule has 0 aliphatic carbocycles. The van der Waals surface area contributed by atoms with Crippen LogP contribution in [0.25, 0.3) is 0 Å². The van der Waals surface area contributed by atoms with Gasteiger partial charge >= 0.3 is 6.03 Å². The van der Waals surface area contributed by atoms with Gasteiger partial charge in [0.1, 0.15) is 24.7 Å². The van der Waals surface area contributed by atoms with E-state index in [-0.39, 0.29) is 17.4 Å². The molecule has 2 aromatic rings. The Balaban J connectivity index is 1.71. The molecule has 0 unspecified atom stereocenters. The summed E-state index contributed by atoms with van der Waals surface area (Å²) in [5.41, 5.74) is 0.268. The van der Waals surface area contributed by atoms with Crippen molar-refractivity contribution in [2.24, 2.45) is 0 Å². The number of nitrogens with one attached hydrogen (secondary N) is 2. The van der Waals surface area contributed by atoms with Crippen LogP contribution < -0.4 is 10.2 Å². The number of amides is 2. The zero-order valence-electron chi connectivity index (χ0n) is 18.2. The Morgan fingerprint density at radius 1 is 1.30 bits per heavy atom. The first-order chi connectivity index (χ1) is 14.3. The van der Waals surface area contributed by atoms with Crippen LogP contribution in [0.2, 0.25) is 0 Å². The Labute approximate surface area is 177 Å². The average molecular weight is 419 g/mol. The summed E-state index contributed by atoms with van der Waals surface area (Å²) in [6.07, 6.45) is 3.53. The number of halogens is 1. The van der Waals surface area contributed by atoms with Gasteiger partial charge in [-0.1, -0.05) is 18.2 Å². The Bertz CT molecular complexity index is 827. The van der Waals surface area contributed by atoms with Crippen molar-refractivity contribution in [1.82, 2.24) is 19.8 Å². The highest BCUT2D eigenvalue weighted by molar-refractivity contribution is 5.74. The Hall–Kier alpha value is -2.45. The lowest BCUT2D eigenvalue weighted by molar-refractivity contribution is -0.907. The highest BCUT2D eigenvalue weighted by Gasteiger charge is 2.23. The molecule has 0 spiro atoms. The maximum atomic E-state index is 14.1. The number of hydrogen-bond donors (Lipinski definition) is 2. The van der Waals surface area contributed by atoms with Gasteiger partial charge in [0.25, 0.3) is 0 Å². The fraction of sp³-hybridized carbons (Fsp3) is 0.545. The number of aromatic nitrogens is 2. The summed E-state index contributed by atoms with van der Waals surface area (Å²) >= 11 is 0. The lowest BCUT2D eigenvalue weighted by Gasteiger charge is -2.30. The summed E-state index contributed by atoms with van der Waals surface area (Å²) in [7, 11) is 0. The van der Waals surface area contributed by atoms with E-state index in [1.54, 1.807) is 23.2 Å². The zero-order valence-corrected chi connectivity index (χ0v) is 18.2. The summed E-state index contributed by atoms with van der Waals surface area (Å²) < 4.78 is 21.4. The minimum atomic E-state index is -0.330. The summed E-state index contributed by atoms with van der Waals surface area (Å²) in [5, 5.41) is 3.05. The fourth-order valence-electron chi connectivity index (χ4n) is 3.47. The number of urea groups is 1. The molecule has 164 valence electrons. The topological polar surface area (TPSA) is 63.8 Å². The predicted octanol–water partition coefficient (Wildman–Crippen LogP) is 1.30. The Morgan fingerprint density at radius 3 is 2.73 bits per heavy atom. The second-order valence-corrected chi connectivity index (χ2v) is 8.78. The van der Waals surface area contributed by atoms with Crippen molar-refractivity contribution in [3.8, 4) is 0 Å². The lowest BCUT2D eigenvalue weighted by atomic mass is 10.1. The van der Waals surface area contributed by atoms with Crippen molar-refractivity contribution in [3.63, 3.8) is 0 Å². The second kappa shape index (κ2) is 10.0. The third kappa shape index (κ3) is 6.53. The van der Waals surface area contributed by atoms with E-state index in [1.165, 1.54) is 11.0 Å². The molecule has 0 radical (unpaired) electrons. The van der Waals surface area contributed by atoms with Crippen molar-refractivity contribution in [2.75, 3.05) is 39.4 Å². The van der Waals surface area contributed by atoms with E-state index in [9.17, 15) is 9.18 Å². The number of carbonyl (C=O) groups excluding carboxylic acids is 1. The second-order valence-electron chi connectivity index (χ2n) is 8.78. The molecule has 2 N–H and O–H groups in total. The van der Waals surface area contributed by atoms with Crippen molar-refractivity contribution >= 4 is 6.03 Å². The van der Waals surface area contributed by atoms with Crippen LogP contribution in [0.1, 0.15) is 32.2 Å². The molecule has 0 saturated carbocycles.